The van der Waals surface area contributed by atoms with Gasteiger partial charge in [0.05, 0.1) is 0 Å². The smallest absolute Gasteiger partial charge is 0.245 e. The van der Waals surface area contributed by atoms with E-state index in [-0.39, 0.29) is 11.3 Å². The van der Waals surface area contributed by atoms with Gasteiger partial charge in [-0.25, -0.2) is 0 Å². The highest BCUT2D eigenvalue weighted by Gasteiger charge is 2.23. The zero-order valence-corrected chi connectivity index (χ0v) is 13.8. The third-order valence-electron chi connectivity index (χ3n) is 3.30. The first-order valence-corrected chi connectivity index (χ1v) is 7.82. The van der Waals surface area contributed by atoms with E-state index in [1.807, 2.05) is 37.3 Å². The Morgan fingerprint density at radius 2 is 1.76 bits per heavy atom. The van der Waals surface area contributed by atoms with Gasteiger partial charge in [0.25, 0.3) is 0 Å². The van der Waals surface area contributed by atoms with Gasteiger partial charge in [-0.05, 0) is 36.6 Å². The van der Waals surface area contributed by atoms with Gasteiger partial charge in [0.1, 0.15) is 6.04 Å². The van der Waals surface area contributed by atoms with Crippen LogP contribution in [0.4, 0.5) is 5.69 Å². The summed E-state index contributed by atoms with van der Waals surface area (Å²) in [5, 5.41) is 3.22. The number of aryl methyl sites for hydroxylation is 1. The molecule has 112 valence electrons. The molecule has 2 rings (SSSR count). The van der Waals surface area contributed by atoms with Crippen LogP contribution >= 0.6 is 11.3 Å². The molecule has 1 aromatic heterocycles. The van der Waals surface area contributed by atoms with Gasteiger partial charge in [-0.2, -0.15) is 0 Å². The van der Waals surface area contributed by atoms with Crippen molar-refractivity contribution in [2.75, 3.05) is 5.32 Å². The second-order valence-electron chi connectivity index (χ2n) is 6.30. The number of amides is 1. The number of primary amides is 1. The van der Waals surface area contributed by atoms with Crippen molar-refractivity contribution in [3.63, 3.8) is 0 Å². The molecule has 0 bridgehead atoms. The molecule has 1 heterocycles. The average molecular weight is 302 g/mol. The summed E-state index contributed by atoms with van der Waals surface area (Å²) >= 11 is 1.64. The fourth-order valence-corrected chi connectivity index (χ4v) is 3.14. The molecule has 1 unspecified atom stereocenters. The Hall–Kier alpha value is -1.81. The molecule has 3 N–H and O–H groups in total. The third kappa shape index (κ3) is 3.85. The molecule has 0 aliphatic heterocycles. The summed E-state index contributed by atoms with van der Waals surface area (Å²) in [5.74, 6) is -0.363. The average Bonchev–Trinajstić information content (AvgIpc) is 2.87. The minimum Gasteiger partial charge on any atom is -0.369 e. The van der Waals surface area contributed by atoms with Crippen molar-refractivity contribution >= 4 is 22.9 Å². The molecular formula is C17H22N2OS. The van der Waals surface area contributed by atoms with Crippen LogP contribution in [0.5, 0.6) is 0 Å². The second-order valence-corrected chi connectivity index (χ2v) is 7.41. The third-order valence-corrected chi connectivity index (χ3v) is 4.87. The lowest BCUT2D eigenvalue weighted by molar-refractivity contribution is -0.118. The van der Waals surface area contributed by atoms with Gasteiger partial charge >= 0.3 is 0 Å². The van der Waals surface area contributed by atoms with Crippen LogP contribution in [0.3, 0.4) is 0 Å². The highest BCUT2D eigenvalue weighted by molar-refractivity contribution is 7.12. The lowest BCUT2D eigenvalue weighted by Crippen LogP contribution is -2.27. The number of hydrogen-bond acceptors (Lipinski definition) is 3. The Morgan fingerprint density at radius 3 is 2.24 bits per heavy atom. The molecule has 0 radical (unpaired) electrons. The number of nitrogens with two attached hydrogens (primary N) is 1. The molecule has 1 aromatic carbocycles. The molecule has 1 atom stereocenters. The maximum absolute atomic E-state index is 11.8. The molecule has 0 saturated carbocycles. The van der Waals surface area contributed by atoms with Crippen molar-refractivity contribution in [1.29, 1.82) is 0 Å². The van der Waals surface area contributed by atoms with E-state index in [2.05, 4.69) is 32.2 Å². The van der Waals surface area contributed by atoms with Crippen molar-refractivity contribution in [2.45, 2.75) is 39.2 Å². The first kappa shape index (κ1) is 15.6. The van der Waals surface area contributed by atoms with Crippen molar-refractivity contribution in [3.05, 3.63) is 51.7 Å². The van der Waals surface area contributed by atoms with E-state index in [4.69, 9.17) is 5.73 Å². The molecule has 21 heavy (non-hydrogen) atoms. The van der Waals surface area contributed by atoms with Gasteiger partial charge in [-0.1, -0.05) is 38.5 Å². The van der Waals surface area contributed by atoms with Crippen molar-refractivity contribution in [3.8, 4) is 0 Å². The van der Waals surface area contributed by atoms with Crippen LogP contribution in [-0.2, 0) is 10.2 Å². The number of anilines is 1. The number of nitrogens with one attached hydrogen (secondary N) is 1. The molecule has 0 saturated heterocycles. The maximum Gasteiger partial charge on any atom is 0.245 e. The van der Waals surface area contributed by atoms with Gasteiger partial charge in [0, 0.05) is 15.4 Å². The summed E-state index contributed by atoms with van der Waals surface area (Å²) in [6, 6.07) is 11.5. The lowest BCUT2D eigenvalue weighted by Gasteiger charge is -2.17. The van der Waals surface area contributed by atoms with Crippen molar-refractivity contribution in [1.82, 2.24) is 0 Å². The molecule has 0 spiro atoms. The molecular weight excluding hydrogens is 280 g/mol. The summed E-state index contributed by atoms with van der Waals surface area (Å²) in [6.45, 7) is 8.52. The van der Waals surface area contributed by atoms with Crippen molar-refractivity contribution < 1.29 is 4.79 Å². The van der Waals surface area contributed by atoms with E-state index < -0.39 is 6.04 Å². The number of thiophene rings is 1. The van der Waals surface area contributed by atoms with Gasteiger partial charge in [-0.15, -0.1) is 11.3 Å². The summed E-state index contributed by atoms with van der Waals surface area (Å²) in [7, 11) is 0. The van der Waals surface area contributed by atoms with Crippen LogP contribution in [0.2, 0.25) is 0 Å². The predicted octanol–water partition coefficient (Wildman–Crippen LogP) is 3.99. The molecule has 0 fully saturated rings. The predicted molar refractivity (Wildman–Crippen MR) is 89.8 cm³/mol. The molecule has 1 amide bonds. The zero-order chi connectivity index (χ0) is 15.6. The monoisotopic (exact) mass is 302 g/mol. The van der Waals surface area contributed by atoms with E-state index in [9.17, 15) is 4.79 Å². The maximum atomic E-state index is 11.8. The molecule has 0 aliphatic rings. The Kier molecular flexibility index (Phi) is 4.37. The van der Waals surface area contributed by atoms with Gasteiger partial charge in [-0.3, -0.25) is 4.79 Å². The van der Waals surface area contributed by atoms with E-state index in [0.29, 0.717) is 0 Å². The van der Waals surface area contributed by atoms with Crippen LogP contribution in [0.15, 0.2) is 36.4 Å². The van der Waals surface area contributed by atoms with Gasteiger partial charge in [0.2, 0.25) is 5.91 Å². The Balaban J connectivity index is 2.25. The zero-order valence-electron chi connectivity index (χ0n) is 12.9. The first-order chi connectivity index (χ1) is 9.77. The lowest BCUT2D eigenvalue weighted by atomic mass is 9.95. The molecule has 4 heteroatoms. The number of rotatable bonds is 4. The SMILES string of the molecule is Cc1ccc(NC(C(N)=O)c2ccc(C(C)(C)C)s2)cc1. The topological polar surface area (TPSA) is 55.1 Å². The molecule has 3 nitrogen and oxygen atoms in total. The van der Waals surface area contributed by atoms with Crippen LogP contribution in [0.1, 0.15) is 42.1 Å². The fourth-order valence-electron chi connectivity index (χ4n) is 2.01. The molecule has 2 aromatic rings. The van der Waals surface area contributed by atoms with Crippen LogP contribution in [0, 0.1) is 6.92 Å². The van der Waals surface area contributed by atoms with Crippen LogP contribution < -0.4 is 11.1 Å². The number of benzene rings is 1. The quantitative estimate of drug-likeness (QED) is 0.897. The summed E-state index contributed by atoms with van der Waals surface area (Å²) < 4.78 is 0. The van der Waals surface area contributed by atoms with Gasteiger partial charge in [0.15, 0.2) is 0 Å². The normalized spacial score (nSPS) is 13.0. The van der Waals surface area contributed by atoms with Gasteiger partial charge < -0.3 is 11.1 Å². The standard InChI is InChI=1S/C17H22N2OS/c1-11-5-7-12(8-6-11)19-15(16(18)20)13-9-10-14(21-13)17(2,3)4/h5-10,15,19H,1-4H3,(H2,18,20). The Labute approximate surface area is 130 Å². The largest absolute Gasteiger partial charge is 0.369 e. The van der Waals surface area contributed by atoms with E-state index >= 15 is 0 Å². The summed E-state index contributed by atoms with van der Waals surface area (Å²) in [5.41, 5.74) is 7.73. The Morgan fingerprint density at radius 1 is 1.14 bits per heavy atom. The minimum atomic E-state index is -0.492. The Bertz CT molecular complexity index is 623. The molecule has 0 aliphatic carbocycles. The van der Waals surface area contributed by atoms with E-state index in [0.717, 1.165) is 10.6 Å². The number of carbonyl (C=O) groups excluding carboxylic acids is 1. The number of hydrogen-bond donors (Lipinski definition) is 2. The second kappa shape index (κ2) is 5.90. The van der Waals surface area contributed by atoms with E-state index in [1.165, 1.54) is 10.4 Å². The first-order valence-electron chi connectivity index (χ1n) is 7.00. The summed E-state index contributed by atoms with van der Waals surface area (Å²) in [4.78, 5) is 14.0. The fraction of sp³-hybridized carbons (Fsp3) is 0.353. The highest BCUT2D eigenvalue weighted by atomic mass is 32.1. The number of carbonyl (C=O) groups is 1. The van der Waals surface area contributed by atoms with Crippen molar-refractivity contribution in [2.24, 2.45) is 5.73 Å². The minimum absolute atomic E-state index is 0.0783. The van der Waals surface area contributed by atoms with Crippen LogP contribution in [-0.4, -0.2) is 5.91 Å². The highest BCUT2D eigenvalue weighted by Crippen LogP contribution is 2.33. The summed E-state index contributed by atoms with van der Waals surface area (Å²) in [6.07, 6.45) is 0. The van der Waals surface area contributed by atoms with E-state index in [1.54, 1.807) is 11.3 Å². The van der Waals surface area contributed by atoms with Crippen LogP contribution in [0.25, 0.3) is 0 Å².